The van der Waals surface area contributed by atoms with Crippen LogP contribution in [0.1, 0.15) is 11.1 Å². The SMILES string of the molecule is OC1=Cc2cc(O)ccc21. The van der Waals surface area contributed by atoms with Gasteiger partial charge in [0.1, 0.15) is 11.5 Å². The summed E-state index contributed by atoms with van der Waals surface area (Å²) in [7, 11) is 0. The maximum atomic E-state index is 8.97. The van der Waals surface area contributed by atoms with Crippen molar-refractivity contribution in [3.05, 3.63) is 29.3 Å². The van der Waals surface area contributed by atoms with E-state index >= 15 is 0 Å². The Morgan fingerprint density at radius 2 is 1.90 bits per heavy atom. The van der Waals surface area contributed by atoms with Crippen LogP contribution in [0.25, 0.3) is 11.8 Å². The van der Waals surface area contributed by atoms with Crippen LogP contribution in [0.2, 0.25) is 0 Å². The summed E-state index contributed by atoms with van der Waals surface area (Å²) in [5.74, 6) is 0.539. The summed E-state index contributed by atoms with van der Waals surface area (Å²) in [4.78, 5) is 0. The zero-order valence-electron chi connectivity index (χ0n) is 5.20. The lowest BCUT2D eigenvalue weighted by Gasteiger charge is -2.13. The minimum absolute atomic E-state index is 0.238. The molecule has 1 aromatic carbocycles. The molecule has 0 saturated carbocycles. The standard InChI is InChI=1S/C8H6O2/c9-6-1-2-7-5(3-6)4-8(7)10/h1-4,9-10H. The fraction of sp³-hybridized carbons (Fsp3) is 0. The van der Waals surface area contributed by atoms with Crippen molar-refractivity contribution >= 4 is 11.8 Å². The molecule has 0 aliphatic heterocycles. The van der Waals surface area contributed by atoms with Crippen LogP contribution < -0.4 is 0 Å². The van der Waals surface area contributed by atoms with Crippen LogP contribution in [-0.4, -0.2) is 10.2 Å². The van der Waals surface area contributed by atoms with E-state index in [-0.39, 0.29) is 5.75 Å². The Morgan fingerprint density at radius 1 is 1.10 bits per heavy atom. The van der Waals surface area contributed by atoms with Crippen LogP contribution in [0.5, 0.6) is 5.75 Å². The molecule has 50 valence electrons. The zero-order valence-corrected chi connectivity index (χ0v) is 5.20. The van der Waals surface area contributed by atoms with Crippen molar-refractivity contribution in [3.8, 4) is 5.75 Å². The smallest absolute Gasteiger partial charge is 0.124 e. The van der Waals surface area contributed by atoms with E-state index in [2.05, 4.69) is 0 Å². The third-order valence-electron chi connectivity index (χ3n) is 1.60. The molecule has 0 radical (unpaired) electrons. The first-order valence-electron chi connectivity index (χ1n) is 3.01. The van der Waals surface area contributed by atoms with Gasteiger partial charge in [-0.1, -0.05) is 0 Å². The van der Waals surface area contributed by atoms with Crippen molar-refractivity contribution in [3.63, 3.8) is 0 Å². The number of rotatable bonds is 0. The first-order valence-corrected chi connectivity index (χ1v) is 3.01. The molecular weight excluding hydrogens is 128 g/mol. The van der Waals surface area contributed by atoms with E-state index < -0.39 is 0 Å². The molecule has 0 atom stereocenters. The van der Waals surface area contributed by atoms with Gasteiger partial charge in [-0.2, -0.15) is 0 Å². The second kappa shape index (κ2) is 1.53. The van der Waals surface area contributed by atoms with Crippen LogP contribution in [-0.2, 0) is 0 Å². The van der Waals surface area contributed by atoms with E-state index in [4.69, 9.17) is 10.2 Å². The predicted molar refractivity (Wildman–Crippen MR) is 38.6 cm³/mol. The summed E-state index contributed by atoms with van der Waals surface area (Å²) in [6, 6.07) is 4.87. The third kappa shape index (κ3) is 0.530. The molecular formula is C8H6O2. The normalized spacial score (nSPS) is 13.4. The fourth-order valence-corrected chi connectivity index (χ4v) is 1.05. The minimum Gasteiger partial charge on any atom is -0.508 e. The molecule has 0 aromatic heterocycles. The Bertz CT molecular complexity index is 313. The lowest BCUT2D eigenvalue weighted by atomic mass is 9.95. The van der Waals surface area contributed by atoms with Crippen molar-refractivity contribution in [2.45, 2.75) is 0 Å². The highest BCUT2D eigenvalue weighted by atomic mass is 16.3. The number of aliphatic hydroxyl groups is 1. The van der Waals surface area contributed by atoms with E-state index in [9.17, 15) is 0 Å². The van der Waals surface area contributed by atoms with E-state index in [0.717, 1.165) is 11.1 Å². The quantitative estimate of drug-likeness (QED) is 0.567. The summed E-state index contributed by atoms with van der Waals surface area (Å²) in [6.45, 7) is 0. The van der Waals surface area contributed by atoms with Gasteiger partial charge in [0.2, 0.25) is 0 Å². The molecule has 0 amide bonds. The molecule has 0 saturated heterocycles. The monoisotopic (exact) mass is 134 g/mol. The van der Waals surface area contributed by atoms with Crippen molar-refractivity contribution in [1.82, 2.24) is 0 Å². The van der Waals surface area contributed by atoms with Gasteiger partial charge in [0.15, 0.2) is 0 Å². The number of aromatic hydroxyl groups is 1. The first-order chi connectivity index (χ1) is 4.77. The Labute approximate surface area is 58.1 Å². The summed E-state index contributed by atoms with van der Waals surface area (Å²) in [5, 5.41) is 17.9. The van der Waals surface area contributed by atoms with Gasteiger partial charge >= 0.3 is 0 Å². The molecule has 1 aliphatic rings. The topological polar surface area (TPSA) is 40.5 Å². The number of phenolic OH excluding ortho intramolecular Hbond substituents is 1. The lowest BCUT2D eigenvalue weighted by molar-refractivity contribution is 0.474. The van der Waals surface area contributed by atoms with Gasteiger partial charge < -0.3 is 10.2 Å². The largest absolute Gasteiger partial charge is 0.508 e. The van der Waals surface area contributed by atoms with Gasteiger partial charge in [-0.05, 0) is 29.8 Å². The highest BCUT2D eigenvalue weighted by Gasteiger charge is 2.14. The maximum Gasteiger partial charge on any atom is 0.124 e. The van der Waals surface area contributed by atoms with E-state index in [1.54, 1.807) is 24.3 Å². The summed E-state index contributed by atoms with van der Waals surface area (Å²) < 4.78 is 0. The van der Waals surface area contributed by atoms with Crippen molar-refractivity contribution in [2.75, 3.05) is 0 Å². The second-order valence-electron chi connectivity index (χ2n) is 2.30. The Morgan fingerprint density at radius 3 is 2.50 bits per heavy atom. The van der Waals surface area contributed by atoms with Gasteiger partial charge in [-0.15, -0.1) is 0 Å². The molecule has 2 heteroatoms. The molecule has 0 spiro atoms. The van der Waals surface area contributed by atoms with Crippen LogP contribution in [0, 0.1) is 0 Å². The van der Waals surface area contributed by atoms with Crippen molar-refractivity contribution in [1.29, 1.82) is 0 Å². The minimum atomic E-state index is 0.238. The molecule has 1 aliphatic carbocycles. The van der Waals surface area contributed by atoms with E-state index in [1.807, 2.05) is 0 Å². The first kappa shape index (κ1) is 5.35. The Kier molecular flexibility index (Phi) is 0.822. The number of phenols is 1. The highest BCUT2D eigenvalue weighted by molar-refractivity contribution is 5.91. The van der Waals surface area contributed by atoms with Gasteiger partial charge in [-0.25, -0.2) is 0 Å². The summed E-state index contributed by atoms with van der Waals surface area (Å²) in [5.41, 5.74) is 1.72. The Hall–Kier alpha value is -1.44. The molecule has 0 fully saturated rings. The van der Waals surface area contributed by atoms with Gasteiger partial charge in [0.05, 0.1) is 0 Å². The van der Waals surface area contributed by atoms with Gasteiger partial charge in [-0.3, -0.25) is 0 Å². The molecule has 2 rings (SSSR count). The number of hydrogen-bond acceptors (Lipinski definition) is 2. The van der Waals surface area contributed by atoms with E-state index in [0.29, 0.717) is 5.76 Å². The molecule has 10 heavy (non-hydrogen) atoms. The molecule has 2 N–H and O–H groups in total. The van der Waals surface area contributed by atoms with E-state index in [1.165, 1.54) is 0 Å². The number of benzene rings is 1. The van der Waals surface area contributed by atoms with Crippen LogP contribution in [0.15, 0.2) is 18.2 Å². The summed E-state index contributed by atoms with van der Waals surface area (Å²) >= 11 is 0. The van der Waals surface area contributed by atoms with Crippen LogP contribution in [0.4, 0.5) is 0 Å². The average molecular weight is 134 g/mol. The highest BCUT2D eigenvalue weighted by Crippen LogP contribution is 2.32. The van der Waals surface area contributed by atoms with Gasteiger partial charge in [0.25, 0.3) is 0 Å². The van der Waals surface area contributed by atoms with Crippen LogP contribution in [0.3, 0.4) is 0 Å². The number of hydrogen-bond donors (Lipinski definition) is 2. The zero-order chi connectivity index (χ0) is 7.14. The fourth-order valence-electron chi connectivity index (χ4n) is 1.05. The van der Waals surface area contributed by atoms with Crippen molar-refractivity contribution in [2.24, 2.45) is 0 Å². The maximum absolute atomic E-state index is 8.97. The molecule has 0 unspecified atom stereocenters. The molecule has 1 aromatic rings. The number of aliphatic hydroxyl groups excluding tert-OH is 1. The van der Waals surface area contributed by atoms with Gasteiger partial charge in [0, 0.05) is 5.56 Å². The third-order valence-corrected chi connectivity index (χ3v) is 1.60. The molecule has 0 bridgehead atoms. The second-order valence-corrected chi connectivity index (χ2v) is 2.30. The Balaban J connectivity index is 2.57. The van der Waals surface area contributed by atoms with Crippen LogP contribution >= 0.6 is 0 Å². The average Bonchev–Trinajstić information content (AvgIpc) is 1.86. The number of fused-ring (bicyclic) bond motifs is 1. The predicted octanol–water partition coefficient (Wildman–Crippen LogP) is 1.76. The lowest BCUT2D eigenvalue weighted by Crippen LogP contribution is -1.96. The van der Waals surface area contributed by atoms with Crippen molar-refractivity contribution < 1.29 is 10.2 Å². The molecule has 2 nitrogen and oxygen atoms in total. The summed E-state index contributed by atoms with van der Waals surface area (Å²) in [6.07, 6.45) is 1.62. The molecule has 0 heterocycles.